The molecular formula is C16H13F2NO5. The molecule has 8 heteroatoms. The van der Waals surface area contributed by atoms with Crippen molar-refractivity contribution in [3.63, 3.8) is 0 Å². The Morgan fingerprint density at radius 3 is 2.33 bits per heavy atom. The van der Waals surface area contributed by atoms with Crippen molar-refractivity contribution in [2.45, 2.75) is 26.2 Å². The second kappa shape index (κ2) is 5.41. The van der Waals surface area contributed by atoms with Gasteiger partial charge in [0.1, 0.15) is 6.10 Å². The van der Waals surface area contributed by atoms with Crippen LogP contribution in [0.15, 0.2) is 30.3 Å². The molecule has 2 aromatic rings. The Morgan fingerprint density at radius 1 is 1.12 bits per heavy atom. The largest absolute Gasteiger partial charge is 0.586 e. The topological polar surface area (TPSA) is 81.8 Å². The second-order valence-corrected chi connectivity index (χ2v) is 5.53. The molecule has 0 saturated carbocycles. The molecule has 0 fully saturated rings. The van der Waals surface area contributed by atoms with E-state index in [1.54, 1.807) is 18.2 Å². The van der Waals surface area contributed by atoms with Crippen LogP contribution in [0.1, 0.15) is 28.4 Å². The first-order valence-electron chi connectivity index (χ1n) is 7.01. The van der Waals surface area contributed by atoms with Gasteiger partial charge in [-0.05, 0) is 36.6 Å². The minimum absolute atomic E-state index is 0.150. The van der Waals surface area contributed by atoms with Gasteiger partial charge in [-0.1, -0.05) is 18.2 Å². The van der Waals surface area contributed by atoms with Gasteiger partial charge in [0.2, 0.25) is 0 Å². The zero-order valence-corrected chi connectivity index (χ0v) is 12.7. The number of ether oxygens (including phenoxy) is 2. The molecule has 24 heavy (non-hydrogen) atoms. The number of nitro benzene ring substituents is 1. The molecule has 0 aromatic heterocycles. The molecule has 3 rings (SSSR count). The molecule has 0 radical (unpaired) electrons. The summed E-state index contributed by atoms with van der Waals surface area (Å²) in [5.74, 6) is -0.800. The van der Waals surface area contributed by atoms with Crippen LogP contribution in [0.25, 0.3) is 0 Å². The molecule has 1 N–H and O–H groups in total. The monoisotopic (exact) mass is 337 g/mol. The van der Waals surface area contributed by atoms with E-state index in [2.05, 4.69) is 9.47 Å². The number of benzene rings is 2. The van der Waals surface area contributed by atoms with Crippen LogP contribution in [0.2, 0.25) is 0 Å². The average molecular weight is 337 g/mol. The summed E-state index contributed by atoms with van der Waals surface area (Å²) in [5.41, 5.74) is 1.61. The maximum absolute atomic E-state index is 13.1. The lowest BCUT2D eigenvalue weighted by Gasteiger charge is -2.14. The number of fused-ring (bicyclic) bond motifs is 1. The number of hydrogen-bond acceptors (Lipinski definition) is 5. The van der Waals surface area contributed by atoms with Crippen LogP contribution in [0.5, 0.6) is 11.5 Å². The Morgan fingerprint density at radius 2 is 1.75 bits per heavy atom. The zero-order valence-electron chi connectivity index (χ0n) is 12.7. The molecule has 0 aliphatic carbocycles. The van der Waals surface area contributed by atoms with Gasteiger partial charge in [0.05, 0.1) is 16.6 Å². The van der Waals surface area contributed by atoms with Crippen molar-refractivity contribution in [3.05, 3.63) is 62.7 Å². The highest BCUT2D eigenvalue weighted by atomic mass is 19.3. The second-order valence-electron chi connectivity index (χ2n) is 5.53. The van der Waals surface area contributed by atoms with E-state index in [1.807, 2.05) is 13.8 Å². The Kier molecular flexibility index (Phi) is 3.64. The SMILES string of the molecule is Cc1ccc(C(O)c2cc3c(cc2[N+](=O)[O-])OC(F)(F)O3)cc1C. The van der Waals surface area contributed by atoms with Crippen molar-refractivity contribution in [3.8, 4) is 11.5 Å². The molecule has 1 heterocycles. The van der Waals surface area contributed by atoms with Gasteiger partial charge in [-0.15, -0.1) is 8.78 Å². The number of alkyl halides is 2. The number of aliphatic hydroxyl groups is 1. The van der Waals surface area contributed by atoms with E-state index in [0.717, 1.165) is 23.3 Å². The lowest BCUT2D eigenvalue weighted by atomic mass is 9.96. The summed E-state index contributed by atoms with van der Waals surface area (Å²) < 4.78 is 34.8. The normalized spacial score (nSPS) is 16.0. The summed E-state index contributed by atoms with van der Waals surface area (Å²) in [6.45, 7) is 3.72. The molecule has 0 amide bonds. The third-order valence-electron chi connectivity index (χ3n) is 3.89. The van der Waals surface area contributed by atoms with Gasteiger partial charge < -0.3 is 14.6 Å². The fraction of sp³-hybridized carbons (Fsp3) is 0.250. The van der Waals surface area contributed by atoms with Crippen molar-refractivity contribution < 1.29 is 28.3 Å². The molecule has 1 aliphatic heterocycles. The third kappa shape index (κ3) is 2.76. The molecule has 0 bridgehead atoms. The maximum Gasteiger partial charge on any atom is 0.586 e. The van der Waals surface area contributed by atoms with Gasteiger partial charge in [0.15, 0.2) is 11.5 Å². The van der Waals surface area contributed by atoms with Gasteiger partial charge in [0.25, 0.3) is 5.69 Å². The minimum atomic E-state index is -3.89. The first-order chi connectivity index (χ1) is 11.2. The molecule has 2 aromatic carbocycles. The number of nitro groups is 1. The van der Waals surface area contributed by atoms with Gasteiger partial charge in [-0.3, -0.25) is 10.1 Å². The third-order valence-corrected chi connectivity index (χ3v) is 3.89. The van der Waals surface area contributed by atoms with Crippen molar-refractivity contribution in [1.82, 2.24) is 0 Å². The lowest BCUT2D eigenvalue weighted by molar-refractivity contribution is -0.386. The average Bonchev–Trinajstić information content (AvgIpc) is 2.80. The Balaban J connectivity index is 2.09. The van der Waals surface area contributed by atoms with Crippen LogP contribution in [-0.2, 0) is 0 Å². The van der Waals surface area contributed by atoms with Crippen LogP contribution < -0.4 is 9.47 Å². The van der Waals surface area contributed by atoms with Crippen LogP contribution >= 0.6 is 0 Å². The molecule has 1 atom stereocenters. The number of aryl methyl sites for hydroxylation is 2. The van der Waals surface area contributed by atoms with Gasteiger partial charge in [-0.25, -0.2) is 0 Å². The number of hydrogen-bond donors (Lipinski definition) is 1. The molecular weight excluding hydrogens is 324 g/mol. The summed E-state index contributed by atoms with van der Waals surface area (Å²) in [6, 6.07) is 6.91. The lowest BCUT2D eigenvalue weighted by Crippen LogP contribution is -2.25. The van der Waals surface area contributed by atoms with Crippen LogP contribution in [-0.4, -0.2) is 16.3 Å². The predicted octanol–water partition coefficient (Wildman–Crippen LogP) is 3.61. The number of halogens is 2. The summed E-state index contributed by atoms with van der Waals surface area (Å²) in [6.07, 6.45) is -5.26. The number of rotatable bonds is 3. The smallest absolute Gasteiger partial charge is 0.395 e. The summed E-state index contributed by atoms with van der Waals surface area (Å²) >= 11 is 0. The zero-order chi connectivity index (χ0) is 17.6. The first-order valence-corrected chi connectivity index (χ1v) is 7.01. The fourth-order valence-corrected chi connectivity index (χ4v) is 2.49. The van der Waals surface area contributed by atoms with E-state index in [-0.39, 0.29) is 11.3 Å². The van der Waals surface area contributed by atoms with E-state index in [4.69, 9.17) is 0 Å². The van der Waals surface area contributed by atoms with E-state index >= 15 is 0 Å². The number of aliphatic hydroxyl groups excluding tert-OH is 1. The van der Waals surface area contributed by atoms with Crippen LogP contribution in [0, 0.1) is 24.0 Å². The molecule has 126 valence electrons. The highest BCUT2D eigenvalue weighted by molar-refractivity contribution is 5.58. The quantitative estimate of drug-likeness (QED) is 0.683. The molecule has 1 aliphatic rings. The van der Waals surface area contributed by atoms with E-state index in [1.165, 1.54) is 0 Å². The first kappa shape index (κ1) is 16.1. The highest BCUT2D eigenvalue weighted by Gasteiger charge is 2.45. The van der Waals surface area contributed by atoms with Gasteiger partial charge in [-0.2, -0.15) is 0 Å². The van der Waals surface area contributed by atoms with E-state index in [9.17, 15) is 24.0 Å². The van der Waals surface area contributed by atoms with E-state index < -0.39 is 28.8 Å². The Hall–Kier alpha value is -2.74. The molecule has 6 nitrogen and oxygen atoms in total. The molecule has 0 saturated heterocycles. The maximum atomic E-state index is 13.1. The number of nitrogens with zero attached hydrogens (tertiary/aromatic N) is 1. The van der Waals surface area contributed by atoms with Crippen molar-refractivity contribution in [1.29, 1.82) is 0 Å². The van der Waals surface area contributed by atoms with E-state index in [0.29, 0.717) is 5.56 Å². The summed E-state index contributed by atoms with van der Waals surface area (Å²) in [5, 5.41) is 21.8. The van der Waals surface area contributed by atoms with Crippen LogP contribution in [0.3, 0.4) is 0 Å². The van der Waals surface area contributed by atoms with Gasteiger partial charge in [0, 0.05) is 0 Å². The predicted molar refractivity (Wildman–Crippen MR) is 79.3 cm³/mol. The standard InChI is InChI=1S/C16H13F2NO5/c1-8-3-4-10(5-9(8)2)15(20)11-6-13-14(7-12(11)19(21)22)24-16(17,18)23-13/h3-7,15,20H,1-2H3. The fourth-order valence-electron chi connectivity index (χ4n) is 2.49. The van der Waals surface area contributed by atoms with Crippen molar-refractivity contribution in [2.75, 3.05) is 0 Å². The van der Waals surface area contributed by atoms with Crippen molar-refractivity contribution in [2.24, 2.45) is 0 Å². The Bertz CT molecular complexity index is 837. The Labute approximate surface area is 135 Å². The van der Waals surface area contributed by atoms with Crippen molar-refractivity contribution >= 4 is 5.69 Å². The minimum Gasteiger partial charge on any atom is -0.395 e. The summed E-state index contributed by atoms with van der Waals surface area (Å²) in [7, 11) is 0. The van der Waals surface area contributed by atoms with Crippen LogP contribution in [0.4, 0.5) is 14.5 Å². The molecule has 0 spiro atoms. The highest BCUT2D eigenvalue weighted by Crippen LogP contribution is 2.46. The summed E-state index contributed by atoms with van der Waals surface area (Å²) in [4.78, 5) is 10.5. The van der Waals surface area contributed by atoms with Gasteiger partial charge >= 0.3 is 6.29 Å². The molecule has 1 unspecified atom stereocenters.